The van der Waals surface area contributed by atoms with Gasteiger partial charge in [-0.15, -0.1) is 0 Å². The lowest BCUT2D eigenvalue weighted by Crippen LogP contribution is -2.56. The van der Waals surface area contributed by atoms with Crippen LogP contribution in [0, 0.1) is 5.92 Å². The molecule has 1 saturated heterocycles. The van der Waals surface area contributed by atoms with Crippen LogP contribution in [0.25, 0.3) is 0 Å². The molecule has 3 rings (SSSR count). The van der Waals surface area contributed by atoms with Gasteiger partial charge in [-0.05, 0) is 36.3 Å². The molecule has 212 valence electrons. The molecule has 1 aliphatic rings. The van der Waals surface area contributed by atoms with Crippen molar-refractivity contribution in [1.29, 1.82) is 0 Å². The summed E-state index contributed by atoms with van der Waals surface area (Å²) in [7, 11) is 0. The number of likely N-dealkylation sites (tertiary alicyclic amines) is 1. The summed E-state index contributed by atoms with van der Waals surface area (Å²) in [4.78, 5) is 40.2. The fourth-order valence-corrected chi connectivity index (χ4v) is 4.90. The molecule has 3 unspecified atom stereocenters. The Hall–Kier alpha value is -3.40. The summed E-state index contributed by atoms with van der Waals surface area (Å²) in [5.74, 6) is -2.38. The Labute approximate surface area is 226 Å². The van der Waals surface area contributed by atoms with Crippen LogP contribution >= 0.6 is 0 Å². The number of carbonyl (C=O) groups excluding carboxylic acids is 3. The van der Waals surface area contributed by atoms with Crippen LogP contribution in [0.3, 0.4) is 0 Å². The second-order valence-electron chi connectivity index (χ2n) is 10.2. The lowest BCUT2D eigenvalue weighted by molar-refractivity contribution is -0.215. The maximum Gasteiger partial charge on any atom is 0.416 e. The Kier molecular flexibility index (Phi) is 10.5. The zero-order chi connectivity index (χ0) is 28.6. The number of aliphatic hydroxyl groups is 1. The summed E-state index contributed by atoms with van der Waals surface area (Å²) in [6.45, 7) is 3.53. The van der Waals surface area contributed by atoms with E-state index in [1.807, 2.05) is 60.7 Å². The van der Waals surface area contributed by atoms with Crippen molar-refractivity contribution in [2.24, 2.45) is 5.92 Å². The Bertz CT molecular complexity index is 1060. The molecular weight excluding hydrogens is 511 g/mol. The fourth-order valence-electron chi connectivity index (χ4n) is 4.90. The van der Waals surface area contributed by atoms with Crippen molar-refractivity contribution in [2.45, 2.75) is 69.8 Å². The molecule has 0 aliphatic carbocycles. The first kappa shape index (κ1) is 30.1. The van der Waals surface area contributed by atoms with E-state index in [4.69, 9.17) is 0 Å². The maximum atomic E-state index is 13.1. The molecule has 2 aromatic carbocycles. The van der Waals surface area contributed by atoms with E-state index in [0.29, 0.717) is 25.8 Å². The third kappa shape index (κ3) is 8.05. The molecule has 0 radical (unpaired) electrons. The molecule has 3 atom stereocenters. The van der Waals surface area contributed by atoms with E-state index < -0.39 is 42.1 Å². The maximum absolute atomic E-state index is 13.1. The predicted molar refractivity (Wildman–Crippen MR) is 141 cm³/mol. The predicted octanol–water partition coefficient (Wildman–Crippen LogP) is 3.77. The Morgan fingerprint density at radius 2 is 1.56 bits per heavy atom. The second-order valence-corrected chi connectivity index (χ2v) is 10.2. The number of hydrogen-bond acceptors (Lipinski definition) is 4. The molecule has 10 heteroatoms. The van der Waals surface area contributed by atoms with Crippen LogP contribution in [0.15, 0.2) is 60.7 Å². The molecule has 1 heterocycles. The van der Waals surface area contributed by atoms with Gasteiger partial charge in [0.25, 0.3) is 0 Å². The monoisotopic (exact) mass is 547 g/mol. The van der Waals surface area contributed by atoms with Gasteiger partial charge in [0.1, 0.15) is 6.04 Å². The van der Waals surface area contributed by atoms with Crippen LogP contribution in [0.4, 0.5) is 13.2 Å². The van der Waals surface area contributed by atoms with E-state index in [9.17, 15) is 32.7 Å². The first-order valence-corrected chi connectivity index (χ1v) is 13.2. The molecule has 3 amide bonds. The third-order valence-corrected chi connectivity index (χ3v) is 6.97. The number of rotatable bonds is 11. The number of hydrogen-bond donors (Lipinski definition) is 3. The number of nitrogens with one attached hydrogen (secondary N) is 2. The van der Waals surface area contributed by atoms with E-state index in [2.05, 4.69) is 10.6 Å². The highest BCUT2D eigenvalue weighted by atomic mass is 19.4. The van der Waals surface area contributed by atoms with Crippen LogP contribution in [0.1, 0.15) is 56.6 Å². The molecule has 3 N–H and O–H groups in total. The molecule has 1 aliphatic heterocycles. The van der Waals surface area contributed by atoms with Gasteiger partial charge in [0.05, 0.1) is 12.0 Å². The zero-order valence-electron chi connectivity index (χ0n) is 22.2. The fraction of sp³-hybridized carbons (Fsp3) is 0.483. The average molecular weight is 548 g/mol. The Morgan fingerprint density at radius 3 is 2.08 bits per heavy atom. The first-order chi connectivity index (χ1) is 18.5. The number of nitrogens with zero attached hydrogens (tertiary/aromatic N) is 1. The Balaban J connectivity index is 1.55. The van der Waals surface area contributed by atoms with Crippen molar-refractivity contribution in [1.82, 2.24) is 15.5 Å². The van der Waals surface area contributed by atoms with Crippen LogP contribution in [0.2, 0.25) is 0 Å². The lowest BCUT2D eigenvalue weighted by atomic mass is 9.90. The van der Waals surface area contributed by atoms with Crippen molar-refractivity contribution < 1.29 is 32.7 Å². The van der Waals surface area contributed by atoms with E-state index >= 15 is 0 Å². The smallest absolute Gasteiger partial charge is 0.382 e. The van der Waals surface area contributed by atoms with Crippen LogP contribution < -0.4 is 10.6 Å². The molecule has 39 heavy (non-hydrogen) atoms. The van der Waals surface area contributed by atoms with Crippen molar-refractivity contribution in [2.75, 3.05) is 13.1 Å². The second kappa shape index (κ2) is 13.6. The molecule has 0 saturated carbocycles. The standard InChI is InChI=1S/C29H36F3N3O4/c1-19(2)25(26(37)29(30,31)32)34-27(38)22-15-10-18-35(22)23(36)16-9-17-33-28(39)24(20-11-5-3-6-12-20)21-13-7-4-8-14-21/h3-8,11-14,19,22,24-26,37H,9-10,15-18H2,1-2H3,(H,33,39)(H,34,38). The van der Waals surface area contributed by atoms with E-state index in [-0.39, 0.29) is 24.8 Å². The van der Waals surface area contributed by atoms with Gasteiger partial charge in [0.2, 0.25) is 17.7 Å². The number of carbonyl (C=O) groups is 3. The summed E-state index contributed by atoms with van der Waals surface area (Å²) < 4.78 is 39.2. The number of aliphatic hydroxyl groups excluding tert-OH is 1. The number of amides is 3. The zero-order valence-corrected chi connectivity index (χ0v) is 22.2. The molecule has 2 aromatic rings. The summed E-state index contributed by atoms with van der Waals surface area (Å²) in [5, 5.41) is 14.9. The van der Waals surface area contributed by atoms with Gasteiger partial charge in [-0.3, -0.25) is 14.4 Å². The van der Waals surface area contributed by atoms with Crippen LogP contribution in [-0.4, -0.2) is 65.2 Å². The summed E-state index contributed by atoms with van der Waals surface area (Å²) >= 11 is 0. The first-order valence-electron chi connectivity index (χ1n) is 13.2. The van der Waals surface area contributed by atoms with Crippen molar-refractivity contribution in [3.8, 4) is 0 Å². The van der Waals surface area contributed by atoms with Crippen LogP contribution in [0.5, 0.6) is 0 Å². The van der Waals surface area contributed by atoms with Crippen molar-refractivity contribution in [3.05, 3.63) is 71.8 Å². The van der Waals surface area contributed by atoms with Crippen molar-refractivity contribution >= 4 is 17.7 Å². The quantitative estimate of drug-likeness (QED) is 0.373. The third-order valence-electron chi connectivity index (χ3n) is 6.97. The summed E-state index contributed by atoms with van der Waals surface area (Å²) in [5.41, 5.74) is 1.69. The lowest BCUT2D eigenvalue weighted by Gasteiger charge is -2.31. The number of halogens is 3. The van der Waals surface area contributed by atoms with Crippen molar-refractivity contribution in [3.63, 3.8) is 0 Å². The number of alkyl halides is 3. The normalized spacial score (nSPS) is 17.2. The molecule has 0 aromatic heterocycles. The van der Waals surface area contributed by atoms with E-state index in [1.54, 1.807) is 0 Å². The van der Waals surface area contributed by atoms with Gasteiger partial charge in [-0.25, -0.2) is 0 Å². The highest BCUT2D eigenvalue weighted by Crippen LogP contribution is 2.27. The summed E-state index contributed by atoms with van der Waals surface area (Å²) in [6.07, 6.45) is -6.29. The molecule has 1 fully saturated rings. The topological polar surface area (TPSA) is 98.7 Å². The number of benzene rings is 2. The van der Waals surface area contributed by atoms with Crippen LogP contribution in [-0.2, 0) is 14.4 Å². The van der Waals surface area contributed by atoms with Gasteiger partial charge in [0, 0.05) is 19.5 Å². The highest BCUT2D eigenvalue weighted by Gasteiger charge is 2.46. The molecule has 0 bridgehead atoms. The highest BCUT2D eigenvalue weighted by molar-refractivity contribution is 5.89. The van der Waals surface area contributed by atoms with E-state index in [0.717, 1.165) is 11.1 Å². The molecule has 7 nitrogen and oxygen atoms in total. The van der Waals surface area contributed by atoms with Gasteiger partial charge < -0.3 is 20.6 Å². The molecular formula is C29H36F3N3O4. The minimum atomic E-state index is -4.88. The SMILES string of the molecule is CC(C)C(NC(=O)C1CCCN1C(=O)CCCNC(=O)C(c1ccccc1)c1ccccc1)C(O)C(F)(F)F. The van der Waals surface area contributed by atoms with Gasteiger partial charge in [0.15, 0.2) is 6.10 Å². The largest absolute Gasteiger partial charge is 0.416 e. The van der Waals surface area contributed by atoms with Gasteiger partial charge in [-0.1, -0.05) is 74.5 Å². The minimum absolute atomic E-state index is 0.0736. The Morgan fingerprint density at radius 1 is 1.00 bits per heavy atom. The van der Waals surface area contributed by atoms with Gasteiger partial charge >= 0.3 is 6.18 Å². The van der Waals surface area contributed by atoms with Gasteiger partial charge in [-0.2, -0.15) is 13.2 Å². The molecule has 0 spiro atoms. The average Bonchev–Trinajstić information content (AvgIpc) is 3.40. The van der Waals surface area contributed by atoms with E-state index in [1.165, 1.54) is 18.7 Å². The minimum Gasteiger partial charge on any atom is -0.382 e. The summed E-state index contributed by atoms with van der Waals surface area (Å²) in [6, 6.07) is 16.4.